The number of carboxylic acid groups (broad SMARTS) is 1. The van der Waals surface area contributed by atoms with Gasteiger partial charge in [0.2, 0.25) is 5.91 Å². The van der Waals surface area contributed by atoms with Crippen LogP contribution in [0, 0.1) is 5.92 Å². The highest BCUT2D eigenvalue weighted by Crippen LogP contribution is 2.28. The van der Waals surface area contributed by atoms with E-state index in [2.05, 4.69) is 5.32 Å². The molecule has 5 nitrogen and oxygen atoms in total. The standard InChI is InChI=1S/C19H20ClNO4/c1-12(19(23)24)18(13-7-4-3-5-8-13)21-17(22)11-14-15(20)9-6-10-16(14)25-2/h3-10,12,18H,11H2,1-2H3,(H,21,22)(H,23,24). The number of rotatable bonds is 7. The van der Waals surface area contributed by atoms with Gasteiger partial charge in [-0.1, -0.05) is 48.0 Å². The lowest BCUT2D eigenvalue weighted by atomic mass is 9.94. The molecular formula is C19H20ClNO4. The third-order valence-corrected chi connectivity index (χ3v) is 4.35. The summed E-state index contributed by atoms with van der Waals surface area (Å²) in [7, 11) is 1.51. The minimum Gasteiger partial charge on any atom is -0.496 e. The lowest BCUT2D eigenvalue weighted by Gasteiger charge is -2.23. The zero-order valence-corrected chi connectivity index (χ0v) is 14.8. The number of carbonyl (C=O) groups excluding carboxylic acids is 1. The van der Waals surface area contributed by atoms with E-state index in [9.17, 15) is 14.7 Å². The normalized spacial score (nSPS) is 12.9. The summed E-state index contributed by atoms with van der Waals surface area (Å²) < 4.78 is 5.24. The van der Waals surface area contributed by atoms with E-state index < -0.39 is 17.9 Å². The third kappa shape index (κ3) is 4.73. The van der Waals surface area contributed by atoms with Gasteiger partial charge in [0.15, 0.2) is 0 Å². The molecule has 0 aliphatic carbocycles. The number of aliphatic carboxylic acids is 1. The molecule has 0 fully saturated rings. The Labute approximate surface area is 151 Å². The van der Waals surface area contributed by atoms with Gasteiger partial charge in [0, 0.05) is 10.6 Å². The Kier molecular flexibility index (Phi) is 6.42. The van der Waals surface area contributed by atoms with Crippen molar-refractivity contribution >= 4 is 23.5 Å². The van der Waals surface area contributed by atoms with Gasteiger partial charge in [-0.15, -0.1) is 0 Å². The summed E-state index contributed by atoms with van der Waals surface area (Å²) >= 11 is 6.16. The van der Waals surface area contributed by atoms with E-state index in [1.807, 2.05) is 6.07 Å². The van der Waals surface area contributed by atoms with Crippen molar-refractivity contribution in [2.45, 2.75) is 19.4 Å². The molecule has 2 aromatic carbocycles. The van der Waals surface area contributed by atoms with Crippen molar-refractivity contribution in [3.63, 3.8) is 0 Å². The molecule has 0 bridgehead atoms. The van der Waals surface area contributed by atoms with Crippen molar-refractivity contribution < 1.29 is 19.4 Å². The van der Waals surface area contributed by atoms with Gasteiger partial charge < -0.3 is 15.2 Å². The van der Waals surface area contributed by atoms with Crippen LogP contribution in [0.3, 0.4) is 0 Å². The van der Waals surface area contributed by atoms with Crippen LogP contribution >= 0.6 is 11.6 Å². The van der Waals surface area contributed by atoms with Crippen LogP contribution in [0.2, 0.25) is 5.02 Å². The quantitative estimate of drug-likeness (QED) is 0.791. The summed E-state index contributed by atoms with van der Waals surface area (Å²) in [6, 6.07) is 13.5. The lowest BCUT2D eigenvalue weighted by molar-refractivity contribution is -0.142. The molecule has 0 aliphatic rings. The predicted octanol–water partition coefficient (Wildman–Crippen LogP) is 3.47. The highest BCUT2D eigenvalue weighted by molar-refractivity contribution is 6.31. The summed E-state index contributed by atoms with van der Waals surface area (Å²) in [6.45, 7) is 1.57. The van der Waals surface area contributed by atoms with Gasteiger partial charge in [0.1, 0.15) is 5.75 Å². The topological polar surface area (TPSA) is 75.6 Å². The van der Waals surface area contributed by atoms with Crippen molar-refractivity contribution in [3.8, 4) is 5.75 Å². The van der Waals surface area contributed by atoms with Crippen molar-refractivity contribution in [2.24, 2.45) is 5.92 Å². The zero-order valence-electron chi connectivity index (χ0n) is 14.0. The van der Waals surface area contributed by atoms with E-state index in [1.165, 1.54) is 7.11 Å². The lowest BCUT2D eigenvalue weighted by Crippen LogP contribution is -2.36. The molecule has 132 valence electrons. The van der Waals surface area contributed by atoms with Gasteiger partial charge in [-0.05, 0) is 24.6 Å². The first kappa shape index (κ1) is 18.8. The molecule has 2 N–H and O–H groups in total. The number of nitrogens with one attached hydrogen (secondary N) is 1. The number of carboxylic acids is 1. The molecule has 0 aromatic heterocycles. The summed E-state index contributed by atoms with van der Waals surface area (Å²) in [4.78, 5) is 23.9. The first-order chi connectivity index (χ1) is 11.9. The maximum Gasteiger partial charge on any atom is 0.308 e. The monoisotopic (exact) mass is 361 g/mol. The molecule has 25 heavy (non-hydrogen) atoms. The number of hydrogen-bond donors (Lipinski definition) is 2. The summed E-state index contributed by atoms with van der Waals surface area (Å²) in [5.41, 5.74) is 1.30. The van der Waals surface area contributed by atoms with Gasteiger partial charge in [-0.2, -0.15) is 0 Å². The van der Waals surface area contributed by atoms with Gasteiger partial charge in [-0.3, -0.25) is 9.59 Å². The van der Waals surface area contributed by atoms with E-state index >= 15 is 0 Å². The average molecular weight is 362 g/mol. The molecule has 2 atom stereocenters. The van der Waals surface area contributed by atoms with Crippen molar-refractivity contribution in [1.29, 1.82) is 0 Å². The van der Waals surface area contributed by atoms with Crippen LogP contribution in [0.5, 0.6) is 5.75 Å². The van der Waals surface area contributed by atoms with E-state index in [1.54, 1.807) is 49.4 Å². The van der Waals surface area contributed by atoms with Crippen LogP contribution in [0.1, 0.15) is 24.1 Å². The van der Waals surface area contributed by atoms with Crippen LogP contribution in [0.25, 0.3) is 0 Å². The number of carbonyl (C=O) groups is 2. The second-order valence-electron chi connectivity index (χ2n) is 5.68. The number of benzene rings is 2. The number of methoxy groups -OCH3 is 1. The molecule has 0 saturated heterocycles. The maximum absolute atomic E-state index is 12.5. The fourth-order valence-electron chi connectivity index (χ4n) is 2.59. The minimum atomic E-state index is -0.982. The molecule has 2 rings (SSSR count). The molecule has 6 heteroatoms. The second-order valence-corrected chi connectivity index (χ2v) is 6.09. The van der Waals surface area contributed by atoms with E-state index in [0.717, 1.165) is 5.56 Å². The van der Waals surface area contributed by atoms with Crippen LogP contribution in [0.15, 0.2) is 48.5 Å². The van der Waals surface area contributed by atoms with E-state index in [4.69, 9.17) is 16.3 Å². The molecule has 0 aliphatic heterocycles. The Hall–Kier alpha value is -2.53. The highest BCUT2D eigenvalue weighted by atomic mass is 35.5. The molecule has 0 saturated carbocycles. The Morgan fingerprint density at radius 3 is 2.44 bits per heavy atom. The minimum absolute atomic E-state index is 0.00147. The zero-order chi connectivity index (χ0) is 18.4. The largest absolute Gasteiger partial charge is 0.496 e. The molecule has 1 amide bonds. The maximum atomic E-state index is 12.5. The molecule has 2 aromatic rings. The molecule has 0 spiro atoms. The van der Waals surface area contributed by atoms with Gasteiger partial charge in [0.25, 0.3) is 0 Å². The summed E-state index contributed by atoms with van der Waals surface area (Å²) in [5.74, 6) is -1.57. The van der Waals surface area contributed by atoms with Crippen LogP contribution in [-0.2, 0) is 16.0 Å². The number of halogens is 1. The first-order valence-electron chi connectivity index (χ1n) is 7.82. The molecule has 2 unspecified atom stereocenters. The molecule has 0 radical (unpaired) electrons. The molecular weight excluding hydrogens is 342 g/mol. The Morgan fingerprint density at radius 2 is 1.84 bits per heavy atom. The smallest absolute Gasteiger partial charge is 0.308 e. The van der Waals surface area contributed by atoms with E-state index in [-0.39, 0.29) is 12.3 Å². The van der Waals surface area contributed by atoms with Crippen molar-refractivity contribution in [3.05, 3.63) is 64.7 Å². The van der Waals surface area contributed by atoms with Gasteiger partial charge in [0.05, 0.1) is 25.5 Å². The predicted molar refractivity (Wildman–Crippen MR) is 95.8 cm³/mol. The highest BCUT2D eigenvalue weighted by Gasteiger charge is 2.27. The number of amides is 1. The van der Waals surface area contributed by atoms with Crippen LogP contribution < -0.4 is 10.1 Å². The Bertz CT molecular complexity index is 748. The number of hydrogen-bond acceptors (Lipinski definition) is 3. The van der Waals surface area contributed by atoms with Gasteiger partial charge in [-0.25, -0.2) is 0 Å². The van der Waals surface area contributed by atoms with E-state index in [0.29, 0.717) is 16.3 Å². The SMILES string of the molecule is COc1cccc(Cl)c1CC(=O)NC(c1ccccc1)C(C)C(=O)O. The number of ether oxygens (including phenoxy) is 1. The Balaban J connectivity index is 2.22. The van der Waals surface area contributed by atoms with Crippen LogP contribution in [0.4, 0.5) is 0 Å². The van der Waals surface area contributed by atoms with Crippen molar-refractivity contribution in [1.82, 2.24) is 5.32 Å². The van der Waals surface area contributed by atoms with Crippen molar-refractivity contribution in [2.75, 3.05) is 7.11 Å². The summed E-state index contributed by atoms with van der Waals surface area (Å²) in [5, 5.41) is 12.6. The van der Waals surface area contributed by atoms with Gasteiger partial charge >= 0.3 is 5.97 Å². The third-order valence-electron chi connectivity index (χ3n) is 4.00. The summed E-state index contributed by atoms with van der Waals surface area (Å²) in [6.07, 6.45) is -0.00147. The molecule has 0 heterocycles. The fourth-order valence-corrected chi connectivity index (χ4v) is 2.82. The second kappa shape index (κ2) is 8.53. The fraction of sp³-hybridized carbons (Fsp3) is 0.263. The Morgan fingerprint density at radius 1 is 1.16 bits per heavy atom. The average Bonchev–Trinajstić information content (AvgIpc) is 2.61. The first-order valence-corrected chi connectivity index (χ1v) is 8.20. The van der Waals surface area contributed by atoms with Crippen LogP contribution in [-0.4, -0.2) is 24.1 Å².